The number of sulfonamides is 2. The van der Waals surface area contributed by atoms with E-state index in [2.05, 4.69) is 30.0 Å². The number of fused-ring (bicyclic) bond motifs is 4. The number of aromatic nitrogens is 2. The van der Waals surface area contributed by atoms with E-state index in [1.807, 2.05) is 0 Å². The lowest BCUT2D eigenvalue weighted by atomic mass is 10.2. The van der Waals surface area contributed by atoms with Crippen LogP contribution < -0.4 is 20.1 Å². The van der Waals surface area contributed by atoms with E-state index in [1.165, 1.54) is 12.1 Å². The Hall–Kier alpha value is -2.58. The molecule has 3 aromatic rings. The van der Waals surface area contributed by atoms with Crippen molar-refractivity contribution in [1.29, 1.82) is 0 Å². The van der Waals surface area contributed by atoms with Crippen molar-refractivity contribution in [2.45, 2.75) is 21.9 Å². The Bertz CT molecular complexity index is 1290. The Morgan fingerprint density at radius 3 is 2.84 bits per heavy atom. The van der Waals surface area contributed by atoms with Gasteiger partial charge in [0.1, 0.15) is 10.0 Å². The summed E-state index contributed by atoms with van der Waals surface area (Å²) in [5.41, 5.74) is 1.28. The summed E-state index contributed by atoms with van der Waals surface area (Å²) in [7, 11) is -7.16. The number of thiophene rings is 1. The molecule has 0 aliphatic carbocycles. The molecule has 0 fully saturated rings. The lowest BCUT2D eigenvalue weighted by Gasteiger charge is -2.13. The maximum Gasteiger partial charge on any atom is 0.250 e. The Morgan fingerprint density at radius 2 is 2.03 bits per heavy atom. The fraction of sp³-hybridized carbons (Fsp3) is 0.263. The second kappa shape index (κ2) is 9.50. The largest absolute Gasteiger partial charge is 0.370 e. The van der Waals surface area contributed by atoms with E-state index < -0.39 is 20.0 Å². The van der Waals surface area contributed by atoms with E-state index in [1.54, 1.807) is 35.8 Å². The Morgan fingerprint density at radius 1 is 1.16 bits per heavy atom. The van der Waals surface area contributed by atoms with E-state index in [0.717, 1.165) is 16.9 Å². The smallest absolute Gasteiger partial charge is 0.250 e. The van der Waals surface area contributed by atoms with Gasteiger partial charge < -0.3 is 10.6 Å². The monoisotopic (exact) mass is 494 g/mol. The molecule has 3 heterocycles. The van der Waals surface area contributed by atoms with Gasteiger partial charge >= 0.3 is 0 Å². The Labute approximate surface area is 190 Å². The minimum atomic E-state index is -3.61. The average Bonchev–Trinajstić information content (AvgIpc) is 3.30. The topological polar surface area (TPSA) is 142 Å². The van der Waals surface area contributed by atoms with Crippen molar-refractivity contribution >= 4 is 48.8 Å². The van der Waals surface area contributed by atoms with Crippen LogP contribution in [0.4, 0.5) is 17.5 Å². The third-order valence-electron chi connectivity index (χ3n) is 4.65. The molecule has 13 heteroatoms. The standard InChI is InChI=1S/C19H22N6O4S3/c26-31(27)16-5-1-4-15(12-16)24-19-21-13-14(18(25-19)20-8-3-9-22-31)7-10-23-32(28,29)17-6-2-11-30-17/h1-2,4-6,11-13,22-23H,3,7-10H2,(H2,20,21,24,25). The van der Waals surface area contributed by atoms with Crippen LogP contribution in [0.2, 0.25) is 0 Å². The van der Waals surface area contributed by atoms with Crippen molar-refractivity contribution in [1.82, 2.24) is 19.4 Å². The SMILES string of the molecule is O=S1(=O)NCCCNc2nc(ncc2CCNS(=O)(=O)c2cccs2)Nc2cccc1c2. The van der Waals surface area contributed by atoms with Gasteiger partial charge in [0.25, 0.3) is 0 Å². The summed E-state index contributed by atoms with van der Waals surface area (Å²) in [6.07, 6.45) is 2.56. The summed E-state index contributed by atoms with van der Waals surface area (Å²) in [4.78, 5) is 8.98. The molecular formula is C19H22N6O4S3. The molecule has 0 saturated heterocycles. The maximum absolute atomic E-state index is 12.4. The minimum Gasteiger partial charge on any atom is -0.370 e. The van der Waals surface area contributed by atoms with Crippen molar-refractivity contribution in [2.75, 3.05) is 30.3 Å². The number of benzene rings is 1. The number of nitrogens with zero attached hydrogens (tertiary/aromatic N) is 2. The third kappa shape index (κ3) is 5.42. The first kappa shape index (κ1) is 22.6. The van der Waals surface area contributed by atoms with E-state index in [0.29, 0.717) is 36.8 Å². The quantitative estimate of drug-likeness (QED) is 0.421. The van der Waals surface area contributed by atoms with E-state index in [-0.39, 0.29) is 22.2 Å². The molecule has 0 atom stereocenters. The summed E-state index contributed by atoms with van der Waals surface area (Å²) >= 11 is 1.16. The molecule has 4 N–H and O–H groups in total. The van der Waals surface area contributed by atoms with Gasteiger partial charge in [0.2, 0.25) is 26.0 Å². The lowest BCUT2D eigenvalue weighted by molar-refractivity contribution is 0.579. The first-order valence-corrected chi connectivity index (χ1v) is 13.7. The van der Waals surface area contributed by atoms with Crippen LogP contribution in [0.15, 0.2) is 57.1 Å². The molecule has 4 rings (SSSR count). The molecule has 1 aliphatic rings. The summed E-state index contributed by atoms with van der Waals surface area (Å²) in [5, 5.41) is 7.93. The fourth-order valence-electron chi connectivity index (χ4n) is 3.07. The van der Waals surface area contributed by atoms with Crippen LogP contribution in [0.5, 0.6) is 0 Å². The second-order valence-corrected chi connectivity index (χ2v) is 11.7. The normalized spacial score (nSPS) is 16.0. The molecule has 32 heavy (non-hydrogen) atoms. The highest BCUT2D eigenvalue weighted by Gasteiger charge is 2.17. The number of hydrogen-bond donors (Lipinski definition) is 4. The molecule has 2 aromatic heterocycles. The van der Waals surface area contributed by atoms with Gasteiger partial charge in [-0.2, -0.15) is 4.98 Å². The van der Waals surface area contributed by atoms with Crippen molar-refractivity contribution in [2.24, 2.45) is 0 Å². The number of hydrogen-bond acceptors (Lipinski definition) is 9. The maximum atomic E-state index is 12.4. The van der Waals surface area contributed by atoms with Gasteiger partial charge in [-0.25, -0.2) is 31.3 Å². The summed E-state index contributed by atoms with van der Waals surface area (Å²) in [6, 6.07) is 9.65. The van der Waals surface area contributed by atoms with Gasteiger partial charge in [0.05, 0.1) is 4.90 Å². The highest BCUT2D eigenvalue weighted by molar-refractivity contribution is 7.91. The van der Waals surface area contributed by atoms with Crippen LogP contribution in [0.1, 0.15) is 12.0 Å². The molecule has 0 unspecified atom stereocenters. The van der Waals surface area contributed by atoms with Crippen LogP contribution >= 0.6 is 11.3 Å². The van der Waals surface area contributed by atoms with Crippen molar-refractivity contribution in [3.63, 3.8) is 0 Å². The fourth-order valence-corrected chi connectivity index (χ4v) is 6.25. The molecule has 170 valence electrons. The summed E-state index contributed by atoms with van der Waals surface area (Å²) in [5.74, 6) is 0.869. The molecule has 1 aliphatic heterocycles. The van der Waals surface area contributed by atoms with Crippen LogP contribution in [-0.4, -0.2) is 46.4 Å². The first-order valence-electron chi connectivity index (χ1n) is 9.83. The number of nitrogens with one attached hydrogen (secondary N) is 4. The lowest BCUT2D eigenvalue weighted by Crippen LogP contribution is -2.26. The van der Waals surface area contributed by atoms with Crippen molar-refractivity contribution < 1.29 is 16.8 Å². The molecular weight excluding hydrogens is 472 g/mol. The zero-order valence-corrected chi connectivity index (χ0v) is 19.4. The predicted molar refractivity (Wildman–Crippen MR) is 123 cm³/mol. The zero-order valence-electron chi connectivity index (χ0n) is 16.9. The minimum absolute atomic E-state index is 0.157. The predicted octanol–water partition coefficient (Wildman–Crippen LogP) is 1.90. The number of anilines is 3. The first-order chi connectivity index (χ1) is 15.3. The molecule has 0 saturated carbocycles. The van der Waals surface area contributed by atoms with Gasteiger partial charge in [-0.3, -0.25) is 0 Å². The van der Waals surface area contributed by atoms with E-state index >= 15 is 0 Å². The van der Waals surface area contributed by atoms with Crippen LogP contribution in [0, 0.1) is 0 Å². The van der Waals surface area contributed by atoms with Crippen LogP contribution in [0.3, 0.4) is 0 Å². The molecule has 10 nitrogen and oxygen atoms in total. The van der Waals surface area contributed by atoms with E-state index in [9.17, 15) is 16.8 Å². The van der Waals surface area contributed by atoms with Gasteiger partial charge in [-0.05, 0) is 42.5 Å². The Balaban J connectivity index is 1.53. The molecule has 4 bridgehead atoms. The van der Waals surface area contributed by atoms with Gasteiger partial charge in [-0.15, -0.1) is 11.3 Å². The molecule has 0 radical (unpaired) electrons. The highest BCUT2D eigenvalue weighted by atomic mass is 32.2. The second-order valence-electron chi connectivity index (χ2n) is 6.98. The molecule has 0 spiro atoms. The average molecular weight is 495 g/mol. The number of rotatable bonds is 5. The zero-order chi connectivity index (χ0) is 22.6. The highest BCUT2D eigenvalue weighted by Crippen LogP contribution is 2.21. The van der Waals surface area contributed by atoms with Crippen molar-refractivity contribution in [3.8, 4) is 0 Å². The van der Waals surface area contributed by atoms with Gasteiger partial charge in [0, 0.05) is 37.1 Å². The van der Waals surface area contributed by atoms with Crippen molar-refractivity contribution in [3.05, 3.63) is 53.5 Å². The molecule has 0 amide bonds. The van der Waals surface area contributed by atoms with Gasteiger partial charge in [0.15, 0.2) is 0 Å². The summed E-state index contributed by atoms with van der Waals surface area (Å²) in [6.45, 7) is 0.929. The molecule has 1 aromatic carbocycles. The Kier molecular flexibility index (Phi) is 6.71. The van der Waals surface area contributed by atoms with Crippen LogP contribution in [0.25, 0.3) is 0 Å². The third-order valence-corrected chi connectivity index (χ3v) is 8.97. The van der Waals surface area contributed by atoms with Crippen LogP contribution in [-0.2, 0) is 26.5 Å². The van der Waals surface area contributed by atoms with E-state index in [4.69, 9.17) is 0 Å². The summed E-state index contributed by atoms with van der Waals surface area (Å²) < 4.78 is 55.0. The van der Waals surface area contributed by atoms with Gasteiger partial charge in [-0.1, -0.05) is 12.1 Å².